The van der Waals surface area contributed by atoms with E-state index in [1.54, 1.807) is 0 Å². The quantitative estimate of drug-likeness (QED) is 0.119. The van der Waals surface area contributed by atoms with Crippen molar-refractivity contribution >= 4 is 27.9 Å². The smallest absolute Gasteiger partial charge is 0.333 e. The number of rotatable bonds is 16. The lowest BCUT2D eigenvalue weighted by Crippen LogP contribution is -2.47. The maximum absolute atomic E-state index is 13.5. The lowest BCUT2D eigenvalue weighted by molar-refractivity contribution is -0.152. The van der Waals surface area contributed by atoms with Crippen molar-refractivity contribution in [1.29, 1.82) is 0 Å². The molecule has 0 aliphatic carbocycles. The first-order valence-corrected chi connectivity index (χ1v) is 16.1. The topological polar surface area (TPSA) is 97.4 Å². The van der Waals surface area contributed by atoms with Gasteiger partial charge in [-0.3, -0.25) is 9.36 Å². The summed E-state index contributed by atoms with van der Waals surface area (Å²) in [5.74, 6) is -2.06. The number of hydrogen-bond donors (Lipinski definition) is 0. The lowest BCUT2D eigenvalue weighted by Gasteiger charge is -2.39. The van der Waals surface area contributed by atoms with E-state index in [0.717, 1.165) is 25.7 Å². The standard InChI is InChI=1S/C22H45O8PSi/c1-10-12-14-28-31(25,29-15-13-11-2)17-18(20(23)26-6)16-19(21(24)27-7)30-32(8,9)22(3,4)5/h18-19H,10-17H2,1-9H3/t18-,19-/m1/s1. The van der Waals surface area contributed by atoms with Crippen molar-refractivity contribution in [3.05, 3.63) is 0 Å². The lowest BCUT2D eigenvalue weighted by atomic mass is 10.0. The van der Waals surface area contributed by atoms with E-state index in [9.17, 15) is 14.2 Å². The number of methoxy groups -OCH3 is 2. The molecule has 0 aromatic rings. The van der Waals surface area contributed by atoms with Gasteiger partial charge < -0.3 is 22.9 Å². The van der Waals surface area contributed by atoms with Crippen LogP contribution in [0.1, 0.15) is 66.7 Å². The molecule has 0 rings (SSSR count). The second-order valence-corrected chi connectivity index (χ2v) is 16.4. The average molecular weight is 497 g/mol. The van der Waals surface area contributed by atoms with Crippen LogP contribution >= 0.6 is 7.60 Å². The van der Waals surface area contributed by atoms with Crippen molar-refractivity contribution in [2.75, 3.05) is 33.6 Å². The average Bonchev–Trinajstić information content (AvgIpc) is 2.70. The summed E-state index contributed by atoms with van der Waals surface area (Å²) in [6.07, 6.45) is 2.02. The summed E-state index contributed by atoms with van der Waals surface area (Å²) < 4.78 is 40.9. The molecule has 0 N–H and O–H groups in total. The van der Waals surface area contributed by atoms with E-state index in [2.05, 4.69) is 20.8 Å². The minimum absolute atomic E-state index is 0.0237. The first-order valence-electron chi connectivity index (χ1n) is 11.5. The molecule has 0 unspecified atom stereocenters. The third-order valence-corrected chi connectivity index (χ3v) is 12.3. The number of carbonyl (C=O) groups excluding carboxylic acids is 2. The molecule has 0 fully saturated rings. The first kappa shape index (κ1) is 31.3. The molecule has 10 heteroatoms. The Morgan fingerprint density at radius 1 is 0.906 bits per heavy atom. The molecular formula is C22H45O8PSi. The highest BCUT2D eigenvalue weighted by molar-refractivity contribution is 7.53. The van der Waals surface area contributed by atoms with E-state index in [0.29, 0.717) is 0 Å². The van der Waals surface area contributed by atoms with Crippen LogP contribution < -0.4 is 0 Å². The van der Waals surface area contributed by atoms with E-state index in [1.807, 2.05) is 26.9 Å². The van der Waals surface area contributed by atoms with Crippen molar-refractivity contribution in [2.45, 2.75) is 91.0 Å². The zero-order valence-electron chi connectivity index (χ0n) is 21.5. The molecule has 0 spiro atoms. The molecule has 0 amide bonds. The van der Waals surface area contributed by atoms with Gasteiger partial charge >= 0.3 is 19.5 Å². The van der Waals surface area contributed by atoms with Gasteiger partial charge in [0, 0.05) is 0 Å². The van der Waals surface area contributed by atoms with Gasteiger partial charge in [0.15, 0.2) is 8.32 Å². The van der Waals surface area contributed by atoms with Gasteiger partial charge in [0.2, 0.25) is 0 Å². The zero-order valence-corrected chi connectivity index (χ0v) is 23.4. The molecule has 0 heterocycles. The zero-order chi connectivity index (χ0) is 25.0. The highest BCUT2D eigenvalue weighted by Gasteiger charge is 2.43. The maximum Gasteiger partial charge on any atom is 0.333 e. The van der Waals surface area contributed by atoms with Gasteiger partial charge in [-0.05, 0) is 37.4 Å². The summed E-state index contributed by atoms with van der Waals surface area (Å²) in [4.78, 5) is 25.1. The summed E-state index contributed by atoms with van der Waals surface area (Å²) in [6.45, 7) is 14.8. The number of esters is 2. The summed E-state index contributed by atoms with van der Waals surface area (Å²) in [7, 11) is -3.39. The Balaban J connectivity index is 5.77. The molecule has 2 atom stereocenters. The molecule has 0 saturated carbocycles. The Bertz CT molecular complexity index is 604. The van der Waals surface area contributed by atoms with E-state index in [1.165, 1.54) is 14.2 Å². The minimum Gasteiger partial charge on any atom is -0.469 e. The normalized spacial score (nSPS) is 14.7. The van der Waals surface area contributed by atoms with Gasteiger partial charge in [-0.2, -0.15) is 0 Å². The van der Waals surface area contributed by atoms with Crippen LogP contribution in [0, 0.1) is 5.92 Å². The van der Waals surface area contributed by atoms with Crippen LogP contribution in [-0.4, -0.2) is 60.0 Å². The van der Waals surface area contributed by atoms with E-state index < -0.39 is 39.9 Å². The summed E-state index contributed by atoms with van der Waals surface area (Å²) >= 11 is 0. The number of hydrogen-bond acceptors (Lipinski definition) is 8. The Morgan fingerprint density at radius 3 is 1.75 bits per heavy atom. The van der Waals surface area contributed by atoms with Gasteiger partial charge in [0.1, 0.15) is 6.10 Å². The maximum atomic E-state index is 13.5. The Kier molecular flexibility index (Phi) is 14.2. The van der Waals surface area contributed by atoms with Gasteiger partial charge in [-0.1, -0.05) is 47.5 Å². The van der Waals surface area contributed by atoms with Crippen LogP contribution in [0.25, 0.3) is 0 Å². The number of unbranched alkanes of at least 4 members (excludes halogenated alkanes) is 2. The Hall–Kier alpha value is -0.733. The Morgan fingerprint density at radius 2 is 1.38 bits per heavy atom. The fourth-order valence-electron chi connectivity index (χ4n) is 2.64. The predicted octanol–water partition coefficient (Wildman–Crippen LogP) is 5.56. The Labute approximate surface area is 195 Å². The van der Waals surface area contributed by atoms with Gasteiger partial charge in [0.05, 0.1) is 39.5 Å². The first-order chi connectivity index (χ1) is 14.8. The van der Waals surface area contributed by atoms with Crippen molar-refractivity contribution in [2.24, 2.45) is 5.92 Å². The summed E-state index contributed by atoms with van der Waals surface area (Å²) in [6, 6.07) is 0. The molecule has 0 aliphatic heterocycles. The molecule has 32 heavy (non-hydrogen) atoms. The fraction of sp³-hybridized carbons (Fsp3) is 0.909. The molecule has 8 nitrogen and oxygen atoms in total. The minimum atomic E-state index is -3.58. The fourth-order valence-corrected chi connectivity index (χ4v) is 5.83. The van der Waals surface area contributed by atoms with Crippen LogP contribution in [0.3, 0.4) is 0 Å². The van der Waals surface area contributed by atoms with Crippen molar-refractivity contribution in [3.8, 4) is 0 Å². The van der Waals surface area contributed by atoms with Crippen LogP contribution in [0.2, 0.25) is 18.1 Å². The summed E-state index contributed by atoms with van der Waals surface area (Å²) in [5.41, 5.74) is 0. The third kappa shape index (κ3) is 10.9. The highest BCUT2D eigenvalue weighted by Crippen LogP contribution is 2.51. The molecular weight excluding hydrogens is 451 g/mol. The second kappa shape index (κ2) is 14.5. The van der Waals surface area contributed by atoms with E-state index >= 15 is 0 Å². The molecule has 0 radical (unpaired) electrons. The van der Waals surface area contributed by atoms with Gasteiger partial charge in [0.25, 0.3) is 0 Å². The predicted molar refractivity (Wildman–Crippen MR) is 128 cm³/mol. The molecule has 190 valence electrons. The molecule has 0 saturated heterocycles. The molecule has 0 aliphatic rings. The van der Waals surface area contributed by atoms with Crippen LogP contribution in [-0.2, 0) is 37.1 Å². The van der Waals surface area contributed by atoms with Gasteiger partial charge in [-0.15, -0.1) is 0 Å². The molecule has 0 aromatic carbocycles. The van der Waals surface area contributed by atoms with Crippen molar-refractivity contribution < 1.29 is 37.1 Å². The largest absolute Gasteiger partial charge is 0.469 e. The van der Waals surface area contributed by atoms with Crippen molar-refractivity contribution in [1.82, 2.24) is 0 Å². The van der Waals surface area contributed by atoms with Crippen molar-refractivity contribution in [3.63, 3.8) is 0 Å². The second-order valence-electron chi connectivity index (χ2n) is 9.51. The summed E-state index contributed by atoms with van der Waals surface area (Å²) in [5, 5.41) is -0.151. The molecule has 0 bridgehead atoms. The van der Waals surface area contributed by atoms with E-state index in [4.69, 9.17) is 22.9 Å². The highest BCUT2D eigenvalue weighted by atomic mass is 31.2. The van der Waals surface area contributed by atoms with Crippen LogP contribution in [0.4, 0.5) is 0 Å². The van der Waals surface area contributed by atoms with E-state index in [-0.39, 0.29) is 30.8 Å². The van der Waals surface area contributed by atoms with Gasteiger partial charge in [-0.25, -0.2) is 4.79 Å². The molecule has 0 aromatic heterocycles. The van der Waals surface area contributed by atoms with Crippen LogP contribution in [0.5, 0.6) is 0 Å². The number of carbonyl (C=O) groups is 2. The van der Waals surface area contributed by atoms with Crippen LogP contribution in [0.15, 0.2) is 0 Å². The monoisotopic (exact) mass is 496 g/mol. The SMILES string of the molecule is CCCCOP(=O)(C[C@@H](C[C@@H](O[Si](C)(C)C(C)(C)C)C(=O)OC)C(=O)OC)OCCCC. The third-order valence-electron chi connectivity index (χ3n) is 5.76. The number of ether oxygens (including phenoxy) is 2.